The van der Waals surface area contributed by atoms with Crippen LogP contribution in [0.15, 0.2) is 23.1 Å². The predicted molar refractivity (Wildman–Crippen MR) is 62.8 cm³/mol. The van der Waals surface area contributed by atoms with Gasteiger partial charge in [-0.2, -0.15) is 5.26 Å². The van der Waals surface area contributed by atoms with E-state index >= 15 is 0 Å². The van der Waals surface area contributed by atoms with Crippen molar-refractivity contribution in [2.45, 2.75) is 13.0 Å². The third-order valence-electron chi connectivity index (χ3n) is 2.33. The third kappa shape index (κ3) is 3.75. The van der Waals surface area contributed by atoms with E-state index in [2.05, 4.69) is 6.07 Å². The largest absolute Gasteiger partial charge is 0.398 e. The first-order valence-corrected chi connectivity index (χ1v) is 5.15. The molecular formula is C11H16N4O. The highest BCUT2D eigenvalue weighted by molar-refractivity contribution is 5.33. The molecule has 1 aromatic rings. The topological polar surface area (TPSA) is 75.1 Å². The smallest absolute Gasteiger partial charge is 0.250 e. The van der Waals surface area contributed by atoms with Crippen molar-refractivity contribution in [3.8, 4) is 6.07 Å². The van der Waals surface area contributed by atoms with E-state index in [-0.39, 0.29) is 5.56 Å². The number of anilines is 1. The molecule has 0 aliphatic rings. The summed E-state index contributed by atoms with van der Waals surface area (Å²) in [7, 11) is 1.93. The van der Waals surface area contributed by atoms with Gasteiger partial charge in [0.1, 0.15) is 0 Å². The molecule has 0 unspecified atom stereocenters. The van der Waals surface area contributed by atoms with Gasteiger partial charge in [0.15, 0.2) is 0 Å². The van der Waals surface area contributed by atoms with E-state index in [9.17, 15) is 4.79 Å². The highest BCUT2D eigenvalue weighted by Crippen LogP contribution is 1.96. The molecule has 1 heterocycles. The van der Waals surface area contributed by atoms with E-state index in [1.54, 1.807) is 16.8 Å². The Labute approximate surface area is 94.7 Å². The van der Waals surface area contributed by atoms with Gasteiger partial charge in [-0.15, -0.1) is 0 Å². The molecule has 0 aliphatic heterocycles. The Kier molecular flexibility index (Phi) is 4.55. The number of nitrogens with two attached hydrogens (primary N) is 1. The minimum atomic E-state index is -0.0529. The Bertz CT molecular complexity index is 432. The van der Waals surface area contributed by atoms with Crippen LogP contribution in [-0.2, 0) is 6.54 Å². The van der Waals surface area contributed by atoms with Crippen LogP contribution in [0.25, 0.3) is 0 Å². The average Bonchev–Trinajstić information content (AvgIpc) is 2.27. The summed E-state index contributed by atoms with van der Waals surface area (Å²) < 4.78 is 1.58. The quantitative estimate of drug-likeness (QED) is 0.773. The molecule has 86 valence electrons. The van der Waals surface area contributed by atoms with E-state index in [4.69, 9.17) is 11.0 Å². The van der Waals surface area contributed by atoms with Crippen molar-refractivity contribution in [1.82, 2.24) is 9.47 Å². The van der Waals surface area contributed by atoms with Gasteiger partial charge in [-0.3, -0.25) is 4.79 Å². The Balaban J connectivity index is 2.51. The molecule has 5 heteroatoms. The summed E-state index contributed by atoms with van der Waals surface area (Å²) in [5.74, 6) is 0. The number of hydrogen-bond acceptors (Lipinski definition) is 4. The fraction of sp³-hybridized carbons (Fsp3) is 0.455. The summed E-state index contributed by atoms with van der Waals surface area (Å²) in [6.45, 7) is 2.03. The zero-order chi connectivity index (χ0) is 12.0. The highest BCUT2D eigenvalue weighted by atomic mass is 16.1. The molecule has 0 radical (unpaired) electrons. The van der Waals surface area contributed by atoms with E-state index in [0.29, 0.717) is 25.2 Å². The molecule has 2 N–H and O–H groups in total. The average molecular weight is 220 g/mol. The van der Waals surface area contributed by atoms with Crippen LogP contribution < -0.4 is 11.3 Å². The molecule has 0 bridgehead atoms. The number of rotatable bonds is 5. The van der Waals surface area contributed by atoms with E-state index in [1.807, 2.05) is 11.9 Å². The van der Waals surface area contributed by atoms with Crippen molar-refractivity contribution in [2.75, 3.05) is 25.9 Å². The Morgan fingerprint density at radius 1 is 1.50 bits per heavy atom. The van der Waals surface area contributed by atoms with Crippen molar-refractivity contribution in [2.24, 2.45) is 0 Å². The first-order chi connectivity index (χ1) is 7.63. The molecule has 0 atom stereocenters. The zero-order valence-electron chi connectivity index (χ0n) is 9.39. The third-order valence-corrected chi connectivity index (χ3v) is 2.33. The van der Waals surface area contributed by atoms with E-state index in [1.165, 1.54) is 6.07 Å². The number of hydrogen-bond donors (Lipinski definition) is 1. The normalized spacial score (nSPS) is 10.3. The molecule has 0 aliphatic carbocycles. The number of nitrogen functional groups attached to an aromatic ring is 1. The van der Waals surface area contributed by atoms with Crippen molar-refractivity contribution >= 4 is 5.69 Å². The van der Waals surface area contributed by atoms with Gasteiger partial charge in [0.05, 0.1) is 6.07 Å². The van der Waals surface area contributed by atoms with Crippen molar-refractivity contribution < 1.29 is 0 Å². The number of pyridine rings is 1. The number of nitriles is 1. The number of aromatic nitrogens is 1. The van der Waals surface area contributed by atoms with Crippen LogP contribution in [0.5, 0.6) is 0 Å². The second-order valence-corrected chi connectivity index (χ2v) is 3.71. The van der Waals surface area contributed by atoms with Gasteiger partial charge < -0.3 is 15.2 Å². The molecule has 16 heavy (non-hydrogen) atoms. The van der Waals surface area contributed by atoms with Gasteiger partial charge in [0.25, 0.3) is 5.56 Å². The lowest BCUT2D eigenvalue weighted by Crippen LogP contribution is -2.28. The minimum absolute atomic E-state index is 0.0529. The van der Waals surface area contributed by atoms with Gasteiger partial charge in [-0.05, 0) is 13.1 Å². The molecule has 0 saturated heterocycles. The predicted octanol–water partition coefficient (Wildman–Crippen LogP) is 0.276. The first kappa shape index (κ1) is 12.3. The SMILES string of the molecule is CN(CCC#N)CCn1cc(N)ccc1=O. The summed E-state index contributed by atoms with van der Waals surface area (Å²) >= 11 is 0. The maximum atomic E-state index is 11.4. The van der Waals surface area contributed by atoms with Gasteiger partial charge >= 0.3 is 0 Å². The van der Waals surface area contributed by atoms with Crippen LogP contribution >= 0.6 is 0 Å². The van der Waals surface area contributed by atoms with Gasteiger partial charge in [0.2, 0.25) is 0 Å². The molecule has 5 nitrogen and oxygen atoms in total. The maximum Gasteiger partial charge on any atom is 0.250 e. The Morgan fingerprint density at radius 3 is 2.94 bits per heavy atom. The molecule has 1 aromatic heterocycles. The summed E-state index contributed by atoms with van der Waals surface area (Å²) in [6, 6.07) is 5.15. The summed E-state index contributed by atoms with van der Waals surface area (Å²) in [5, 5.41) is 8.43. The fourth-order valence-corrected chi connectivity index (χ4v) is 1.36. The van der Waals surface area contributed by atoms with E-state index < -0.39 is 0 Å². The molecule has 0 saturated carbocycles. The van der Waals surface area contributed by atoms with Crippen LogP contribution in [0.3, 0.4) is 0 Å². The van der Waals surface area contributed by atoms with Gasteiger partial charge in [0, 0.05) is 44.0 Å². The number of nitrogens with zero attached hydrogens (tertiary/aromatic N) is 3. The van der Waals surface area contributed by atoms with Crippen LogP contribution in [0, 0.1) is 11.3 Å². The lowest BCUT2D eigenvalue weighted by Gasteiger charge is -2.15. The lowest BCUT2D eigenvalue weighted by atomic mass is 10.4. The van der Waals surface area contributed by atoms with E-state index in [0.717, 1.165) is 6.54 Å². The lowest BCUT2D eigenvalue weighted by molar-refractivity contribution is 0.324. The molecule has 0 aromatic carbocycles. The standard InChI is InChI=1S/C11H16N4O/c1-14(6-2-5-12)7-8-15-9-10(13)3-4-11(15)16/h3-4,9H,2,6-8,13H2,1H3. The first-order valence-electron chi connectivity index (χ1n) is 5.15. The van der Waals surface area contributed by atoms with Crippen LogP contribution in [0.4, 0.5) is 5.69 Å². The van der Waals surface area contributed by atoms with Crippen molar-refractivity contribution in [1.29, 1.82) is 5.26 Å². The minimum Gasteiger partial charge on any atom is -0.398 e. The zero-order valence-corrected chi connectivity index (χ0v) is 9.39. The van der Waals surface area contributed by atoms with Gasteiger partial charge in [-0.25, -0.2) is 0 Å². The summed E-state index contributed by atoms with van der Waals surface area (Å²) in [5.41, 5.74) is 6.13. The van der Waals surface area contributed by atoms with Crippen molar-refractivity contribution in [3.63, 3.8) is 0 Å². The summed E-state index contributed by atoms with van der Waals surface area (Å²) in [6.07, 6.45) is 2.14. The fourth-order valence-electron chi connectivity index (χ4n) is 1.36. The second-order valence-electron chi connectivity index (χ2n) is 3.71. The summed E-state index contributed by atoms with van der Waals surface area (Å²) in [4.78, 5) is 13.4. The van der Waals surface area contributed by atoms with Crippen LogP contribution in [0.2, 0.25) is 0 Å². The highest BCUT2D eigenvalue weighted by Gasteiger charge is 2.00. The maximum absolute atomic E-state index is 11.4. The monoisotopic (exact) mass is 220 g/mol. The molecule has 0 fully saturated rings. The molecule has 0 amide bonds. The van der Waals surface area contributed by atoms with Crippen LogP contribution in [0.1, 0.15) is 6.42 Å². The molecule has 0 spiro atoms. The number of likely N-dealkylation sites (N-methyl/N-ethyl adjacent to an activating group) is 1. The second kappa shape index (κ2) is 5.93. The van der Waals surface area contributed by atoms with Crippen LogP contribution in [-0.4, -0.2) is 29.6 Å². The van der Waals surface area contributed by atoms with Crippen molar-refractivity contribution in [3.05, 3.63) is 28.7 Å². The van der Waals surface area contributed by atoms with Gasteiger partial charge in [-0.1, -0.05) is 0 Å². The molecule has 1 rings (SSSR count). The Morgan fingerprint density at radius 2 is 2.25 bits per heavy atom. The molecular weight excluding hydrogens is 204 g/mol. The Hall–Kier alpha value is -1.80.